The zero-order chi connectivity index (χ0) is 17.1. The smallest absolute Gasteiger partial charge is 0.307 e. The number of fused-ring (bicyclic) bond motifs is 1. The number of hydrogen-bond donors (Lipinski definition) is 1. The number of aliphatic carboxylic acids is 1. The van der Waals surface area contributed by atoms with Crippen molar-refractivity contribution in [3.63, 3.8) is 0 Å². The molecule has 1 aliphatic rings. The van der Waals surface area contributed by atoms with Gasteiger partial charge in [-0.2, -0.15) is 0 Å². The molecule has 5 nitrogen and oxygen atoms in total. The lowest BCUT2D eigenvalue weighted by Gasteiger charge is -2.34. The Kier molecular flexibility index (Phi) is 4.71. The predicted molar refractivity (Wildman–Crippen MR) is 90.6 cm³/mol. The second-order valence-electron chi connectivity index (χ2n) is 5.54. The number of carbonyl (C=O) groups is 2. The van der Waals surface area contributed by atoms with Crippen molar-refractivity contribution in [2.75, 3.05) is 11.4 Å². The number of nitrogens with zero attached hydrogens (tertiary/aromatic N) is 1. The van der Waals surface area contributed by atoms with Crippen molar-refractivity contribution in [2.24, 2.45) is 0 Å². The predicted octanol–water partition coefficient (Wildman–Crippen LogP) is 3.15. The van der Waals surface area contributed by atoms with Crippen molar-refractivity contribution >= 4 is 29.2 Å². The largest absolute Gasteiger partial charge is 0.481 e. The maximum atomic E-state index is 12.7. The third-order valence-corrected chi connectivity index (χ3v) is 4.08. The number of benzene rings is 2. The van der Waals surface area contributed by atoms with Gasteiger partial charge in [0.1, 0.15) is 5.75 Å². The first-order chi connectivity index (χ1) is 11.5. The van der Waals surface area contributed by atoms with E-state index in [1.54, 1.807) is 23.1 Å². The maximum absolute atomic E-state index is 12.7. The highest BCUT2D eigenvalue weighted by Gasteiger charge is 2.35. The van der Waals surface area contributed by atoms with Crippen LogP contribution in [0, 0.1) is 0 Å². The second-order valence-corrected chi connectivity index (χ2v) is 5.98. The van der Waals surface area contributed by atoms with Gasteiger partial charge in [-0.1, -0.05) is 41.9 Å². The molecule has 0 fully saturated rings. The number of carbonyl (C=O) groups excluding carboxylic acids is 1. The SMILES string of the molecule is O=C(O)CC1Oc2ccc(Cl)cc2N(CCc2ccccc2)C1=O. The Labute approximate surface area is 144 Å². The van der Waals surface area contributed by atoms with Crippen LogP contribution in [0.25, 0.3) is 0 Å². The van der Waals surface area contributed by atoms with E-state index in [0.29, 0.717) is 29.4 Å². The lowest BCUT2D eigenvalue weighted by molar-refractivity contribution is -0.142. The molecule has 1 aliphatic heterocycles. The molecule has 6 heteroatoms. The average Bonchev–Trinajstić information content (AvgIpc) is 2.56. The van der Waals surface area contributed by atoms with Crippen LogP contribution in [-0.4, -0.2) is 29.6 Å². The molecule has 24 heavy (non-hydrogen) atoms. The second kappa shape index (κ2) is 6.93. The maximum Gasteiger partial charge on any atom is 0.307 e. The molecule has 1 atom stereocenters. The van der Waals surface area contributed by atoms with E-state index in [1.165, 1.54) is 0 Å². The molecular weight excluding hydrogens is 330 g/mol. The Balaban J connectivity index is 1.87. The zero-order valence-corrected chi connectivity index (χ0v) is 13.6. The highest BCUT2D eigenvalue weighted by Crippen LogP contribution is 2.36. The van der Waals surface area contributed by atoms with Crippen molar-refractivity contribution in [1.29, 1.82) is 0 Å². The molecule has 2 aromatic carbocycles. The van der Waals surface area contributed by atoms with Gasteiger partial charge in [-0.15, -0.1) is 0 Å². The fourth-order valence-corrected chi connectivity index (χ4v) is 2.87. The van der Waals surface area contributed by atoms with Gasteiger partial charge in [0.25, 0.3) is 5.91 Å². The number of carboxylic acids is 1. The molecule has 0 saturated heterocycles. The molecule has 1 amide bonds. The summed E-state index contributed by atoms with van der Waals surface area (Å²) in [6, 6.07) is 14.8. The molecule has 1 heterocycles. The molecule has 2 aromatic rings. The molecular formula is C18H16ClNO4. The average molecular weight is 346 g/mol. The number of anilines is 1. The summed E-state index contributed by atoms with van der Waals surface area (Å²) in [6.07, 6.45) is -0.743. The van der Waals surface area contributed by atoms with Crippen molar-refractivity contribution in [3.8, 4) is 5.75 Å². The van der Waals surface area contributed by atoms with E-state index in [2.05, 4.69) is 0 Å². The standard InChI is InChI=1S/C18H16ClNO4/c19-13-6-7-15-14(10-13)20(9-8-12-4-2-1-3-5-12)18(23)16(24-15)11-17(21)22/h1-7,10,16H,8-9,11H2,(H,21,22). The fraction of sp³-hybridized carbons (Fsp3) is 0.222. The summed E-state index contributed by atoms with van der Waals surface area (Å²) in [7, 11) is 0. The van der Waals surface area contributed by atoms with Gasteiger partial charge >= 0.3 is 5.97 Å². The summed E-state index contributed by atoms with van der Waals surface area (Å²) >= 11 is 6.04. The van der Waals surface area contributed by atoms with Gasteiger partial charge in [0.15, 0.2) is 6.10 Å². The minimum atomic E-state index is -1.08. The molecule has 1 unspecified atom stereocenters. The normalized spacial score (nSPS) is 16.5. The molecule has 0 spiro atoms. The zero-order valence-electron chi connectivity index (χ0n) is 12.8. The number of hydrogen-bond acceptors (Lipinski definition) is 3. The quantitative estimate of drug-likeness (QED) is 0.904. The molecule has 0 saturated carbocycles. The van der Waals surface area contributed by atoms with E-state index in [9.17, 15) is 9.59 Å². The summed E-state index contributed by atoms with van der Waals surface area (Å²) in [5.74, 6) is -0.963. The number of carboxylic acid groups (broad SMARTS) is 1. The number of rotatable bonds is 5. The van der Waals surface area contributed by atoms with Gasteiger partial charge < -0.3 is 14.7 Å². The molecule has 0 aliphatic carbocycles. The summed E-state index contributed by atoms with van der Waals surface area (Å²) < 4.78 is 5.56. The van der Waals surface area contributed by atoms with Crippen LogP contribution in [0.2, 0.25) is 5.02 Å². The van der Waals surface area contributed by atoms with Gasteiger partial charge in [0, 0.05) is 11.6 Å². The summed E-state index contributed by atoms with van der Waals surface area (Å²) in [4.78, 5) is 25.2. The first-order valence-corrected chi connectivity index (χ1v) is 7.95. The summed E-state index contributed by atoms with van der Waals surface area (Å²) in [6.45, 7) is 0.426. The van der Waals surface area contributed by atoms with Gasteiger partial charge in [-0.25, -0.2) is 0 Å². The third kappa shape index (κ3) is 3.51. The lowest BCUT2D eigenvalue weighted by Crippen LogP contribution is -2.47. The Morgan fingerprint density at radius 1 is 1.21 bits per heavy atom. The highest BCUT2D eigenvalue weighted by atomic mass is 35.5. The van der Waals surface area contributed by atoms with Crippen LogP contribution < -0.4 is 9.64 Å². The Morgan fingerprint density at radius 2 is 1.96 bits per heavy atom. The topological polar surface area (TPSA) is 66.8 Å². The Morgan fingerprint density at radius 3 is 2.67 bits per heavy atom. The fourth-order valence-electron chi connectivity index (χ4n) is 2.70. The van der Waals surface area contributed by atoms with Crippen LogP contribution >= 0.6 is 11.6 Å². The van der Waals surface area contributed by atoms with Crippen molar-refractivity contribution < 1.29 is 19.4 Å². The molecule has 0 radical (unpaired) electrons. The first kappa shape index (κ1) is 16.3. The molecule has 1 N–H and O–H groups in total. The van der Waals surface area contributed by atoms with Gasteiger partial charge in [-0.3, -0.25) is 9.59 Å². The van der Waals surface area contributed by atoms with Crippen molar-refractivity contribution in [2.45, 2.75) is 18.9 Å². The van der Waals surface area contributed by atoms with Crippen LogP contribution in [0.3, 0.4) is 0 Å². The Bertz CT molecular complexity index is 763. The van der Waals surface area contributed by atoms with Crippen LogP contribution in [0.4, 0.5) is 5.69 Å². The van der Waals surface area contributed by atoms with Crippen LogP contribution in [0.15, 0.2) is 48.5 Å². The molecule has 0 aromatic heterocycles. The highest BCUT2D eigenvalue weighted by molar-refractivity contribution is 6.31. The molecule has 0 bridgehead atoms. The molecule has 3 rings (SSSR count). The van der Waals surface area contributed by atoms with E-state index >= 15 is 0 Å². The Hall–Kier alpha value is -2.53. The van der Waals surface area contributed by atoms with Gasteiger partial charge in [-0.05, 0) is 30.2 Å². The number of amides is 1. The van der Waals surface area contributed by atoms with Crippen LogP contribution in [-0.2, 0) is 16.0 Å². The minimum absolute atomic E-state index is 0.358. The van der Waals surface area contributed by atoms with Gasteiger partial charge in [0.05, 0.1) is 12.1 Å². The van der Waals surface area contributed by atoms with Crippen molar-refractivity contribution in [1.82, 2.24) is 0 Å². The van der Waals surface area contributed by atoms with E-state index in [0.717, 1.165) is 5.56 Å². The van der Waals surface area contributed by atoms with E-state index in [1.807, 2.05) is 30.3 Å². The first-order valence-electron chi connectivity index (χ1n) is 7.58. The minimum Gasteiger partial charge on any atom is -0.481 e. The lowest BCUT2D eigenvalue weighted by atomic mass is 10.1. The van der Waals surface area contributed by atoms with E-state index in [-0.39, 0.29) is 12.3 Å². The van der Waals surface area contributed by atoms with E-state index < -0.39 is 12.1 Å². The monoisotopic (exact) mass is 345 g/mol. The van der Waals surface area contributed by atoms with Crippen molar-refractivity contribution in [3.05, 3.63) is 59.1 Å². The summed E-state index contributed by atoms with van der Waals surface area (Å²) in [5, 5.41) is 9.49. The number of ether oxygens (including phenoxy) is 1. The summed E-state index contributed by atoms with van der Waals surface area (Å²) in [5.41, 5.74) is 1.67. The van der Waals surface area contributed by atoms with Crippen LogP contribution in [0.5, 0.6) is 5.75 Å². The van der Waals surface area contributed by atoms with Crippen LogP contribution in [0.1, 0.15) is 12.0 Å². The molecule has 124 valence electrons. The van der Waals surface area contributed by atoms with E-state index in [4.69, 9.17) is 21.4 Å². The van der Waals surface area contributed by atoms with Gasteiger partial charge in [0.2, 0.25) is 0 Å². The number of halogens is 1. The third-order valence-electron chi connectivity index (χ3n) is 3.85.